The van der Waals surface area contributed by atoms with E-state index in [1.165, 1.54) is 17.4 Å². The predicted molar refractivity (Wildman–Crippen MR) is 58.3 cm³/mol. The molecule has 0 aliphatic carbocycles. The van der Waals surface area contributed by atoms with Crippen LogP contribution in [0.15, 0.2) is 29.8 Å². The van der Waals surface area contributed by atoms with E-state index in [2.05, 4.69) is 4.98 Å². The van der Waals surface area contributed by atoms with E-state index in [1.54, 1.807) is 17.6 Å². The maximum absolute atomic E-state index is 13.3. The van der Waals surface area contributed by atoms with Gasteiger partial charge in [0.2, 0.25) is 0 Å². The van der Waals surface area contributed by atoms with Crippen LogP contribution in [-0.2, 0) is 6.42 Å². The summed E-state index contributed by atoms with van der Waals surface area (Å²) in [5, 5.41) is 11.5. The average molecular weight is 237 g/mol. The fourth-order valence-electron chi connectivity index (χ4n) is 1.46. The molecule has 0 spiro atoms. The minimum Gasteiger partial charge on any atom is -0.478 e. The molecule has 5 heteroatoms. The van der Waals surface area contributed by atoms with E-state index in [0.29, 0.717) is 12.0 Å². The van der Waals surface area contributed by atoms with E-state index in [-0.39, 0.29) is 5.56 Å². The number of nitrogens with zero attached hydrogens (tertiary/aromatic N) is 1. The smallest absolute Gasteiger partial charge is 0.338 e. The Kier molecular flexibility index (Phi) is 2.96. The van der Waals surface area contributed by atoms with Gasteiger partial charge in [-0.1, -0.05) is 12.1 Å². The second-order valence-corrected chi connectivity index (χ2v) is 4.16. The summed E-state index contributed by atoms with van der Waals surface area (Å²) in [5.41, 5.74) is 0.181. The van der Waals surface area contributed by atoms with E-state index in [4.69, 9.17) is 5.11 Å². The molecule has 16 heavy (non-hydrogen) atoms. The fourth-order valence-corrected chi connectivity index (χ4v) is 2.10. The van der Waals surface area contributed by atoms with Crippen LogP contribution in [0.1, 0.15) is 20.9 Å². The van der Waals surface area contributed by atoms with Crippen molar-refractivity contribution in [3.63, 3.8) is 0 Å². The fraction of sp³-hybridized carbons (Fsp3) is 0.0909. The van der Waals surface area contributed by atoms with Gasteiger partial charge in [0, 0.05) is 18.0 Å². The zero-order valence-electron chi connectivity index (χ0n) is 8.18. The number of carboxylic acid groups (broad SMARTS) is 1. The van der Waals surface area contributed by atoms with Crippen LogP contribution >= 0.6 is 11.3 Å². The largest absolute Gasteiger partial charge is 0.478 e. The number of halogens is 1. The van der Waals surface area contributed by atoms with Crippen molar-refractivity contribution in [3.05, 3.63) is 51.7 Å². The Labute approximate surface area is 95.2 Å². The van der Waals surface area contributed by atoms with Gasteiger partial charge in [-0.25, -0.2) is 14.2 Å². The summed E-state index contributed by atoms with van der Waals surface area (Å²) in [7, 11) is 0. The van der Waals surface area contributed by atoms with Crippen molar-refractivity contribution >= 4 is 17.3 Å². The van der Waals surface area contributed by atoms with Gasteiger partial charge < -0.3 is 5.11 Å². The number of aromatic nitrogens is 1. The average Bonchev–Trinajstić information content (AvgIpc) is 2.70. The summed E-state index contributed by atoms with van der Waals surface area (Å²) in [5.74, 6) is -1.95. The first-order valence-electron chi connectivity index (χ1n) is 4.57. The number of rotatable bonds is 3. The number of hydrogen-bond donors (Lipinski definition) is 1. The molecule has 1 aromatic carbocycles. The molecule has 0 saturated carbocycles. The normalized spacial score (nSPS) is 10.3. The lowest BCUT2D eigenvalue weighted by Gasteiger charge is -2.04. The summed E-state index contributed by atoms with van der Waals surface area (Å²) in [6.07, 6.45) is 1.98. The molecule has 0 radical (unpaired) electrons. The van der Waals surface area contributed by atoms with Crippen LogP contribution in [0.25, 0.3) is 0 Å². The third kappa shape index (κ3) is 2.09. The second-order valence-electron chi connectivity index (χ2n) is 3.18. The lowest BCUT2D eigenvalue weighted by Crippen LogP contribution is -2.06. The molecule has 2 aromatic rings. The molecule has 1 N–H and O–H groups in total. The molecule has 0 saturated heterocycles. The summed E-state index contributed by atoms with van der Waals surface area (Å²) in [6.45, 7) is 0. The van der Waals surface area contributed by atoms with E-state index in [1.807, 2.05) is 0 Å². The monoisotopic (exact) mass is 237 g/mol. The first kappa shape index (κ1) is 10.8. The highest BCUT2D eigenvalue weighted by molar-refractivity contribution is 7.09. The lowest BCUT2D eigenvalue weighted by atomic mass is 10.0. The summed E-state index contributed by atoms with van der Waals surface area (Å²) < 4.78 is 13.3. The van der Waals surface area contributed by atoms with Gasteiger partial charge in [0.1, 0.15) is 5.82 Å². The molecule has 2 rings (SSSR count). The standard InChI is InChI=1S/C11H8FNO2S/c12-8-3-1-2-7(10(8)11(14)15)6-9-13-4-5-16-9/h1-5H,6H2,(H,14,15). The summed E-state index contributed by atoms with van der Waals surface area (Å²) in [4.78, 5) is 15.0. The topological polar surface area (TPSA) is 50.2 Å². The molecule has 0 atom stereocenters. The van der Waals surface area contributed by atoms with Gasteiger partial charge in [-0.15, -0.1) is 11.3 Å². The number of hydrogen-bond acceptors (Lipinski definition) is 3. The van der Waals surface area contributed by atoms with Gasteiger partial charge in [-0.3, -0.25) is 0 Å². The van der Waals surface area contributed by atoms with Gasteiger partial charge in [-0.2, -0.15) is 0 Å². The zero-order chi connectivity index (χ0) is 11.5. The van der Waals surface area contributed by atoms with E-state index in [0.717, 1.165) is 11.1 Å². The van der Waals surface area contributed by atoms with Crippen LogP contribution in [-0.4, -0.2) is 16.1 Å². The molecule has 0 fully saturated rings. The van der Waals surface area contributed by atoms with Crippen molar-refractivity contribution < 1.29 is 14.3 Å². The number of carboxylic acids is 1. The van der Waals surface area contributed by atoms with E-state index < -0.39 is 11.8 Å². The van der Waals surface area contributed by atoms with Gasteiger partial charge in [0.05, 0.1) is 10.6 Å². The molecule has 1 heterocycles. The Morgan fingerprint density at radius 1 is 1.50 bits per heavy atom. The minimum absolute atomic E-state index is 0.266. The van der Waals surface area contributed by atoms with Crippen LogP contribution in [0, 0.1) is 5.82 Å². The van der Waals surface area contributed by atoms with E-state index in [9.17, 15) is 9.18 Å². The molecule has 0 aliphatic heterocycles. The number of aromatic carboxylic acids is 1. The van der Waals surface area contributed by atoms with Crippen molar-refractivity contribution in [1.82, 2.24) is 4.98 Å². The number of thiazole rings is 1. The number of carbonyl (C=O) groups is 1. The van der Waals surface area contributed by atoms with Gasteiger partial charge in [-0.05, 0) is 11.6 Å². The Morgan fingerprint density at radius 2 is 2.31 bits per heavy atom. The van der Waals surface area contributed by atoms with Crippen LogP contribution in [0.4, 0.5) is 4.39 Å². The third-order valence-electron chi connectivity index (χ3n) is 2.14. The molecular formula is C11H8FNO2S. The molecular weight excluding hydrogens is 229 g/mol. The maximum Gasteiger partial charge on any atom is 0.338 e. The van der Waals surface area contributed by atoms with Crippen molar-refractivity contribution in [1.29, 1.82) is 0 Å². The van der Waals surface area contributed by atoms with Crippen molar-refractivity contribution in [2.24, 2.45) is 0 Å². The molecule has 0 aliphatic rings. The molecule has 1 aromatic heterocycles. The number of benzene rings is 1. The van der Waals surface area contributed by atoms with E-state index >= 15 is 0 Å². The summed E-state index contributed by atoms with van der Waals surface area (Å²) >= 11 is 1.42. The molecule has 82 valence electrons. The van der Waals surface area contributed by atoms with Crippen molar-refractivity contribution in [2.45, 2.75) is 6.42 Å². The van der Waals surface area contributed by atoms with Gasteiger partial charge in [0.25, 0.3) is 0 Å². The quantitative estimate of drug-likeness (QED) is 0.892. The van der Waals surface area contributed by atoms with Crippen molar-refractivity contribution in [3.8, 4) is 0 Å². The molecule has 3 nitrogen and oxygen atoms in total. The van der Waals surface area contributed by atoms with Crippen LogP contribution < -0.4 is 0 Å². The SMILES string of the molecule is O=C(O)c1c(F)cccc1Cc1nccs1. The van der Waals surface area contributed by atoms with Crippen molar-refractivity contribution in [2.75, 3.05) is 0 Å². The van der Waals surface area contributed by atoms with Crippen LogP contribution in [0.2, 0.25) is 0 Å². The third-order valence-corrected chi connectivity index (χ3v) is 2.92. The van der Waals surface area contributed by atoms with Gasteiger partial charge in [0.15, 0.2) is 0 Å². The highest BCUT2D eigenvalue weighted by Gasteiger charge is 2.16. The Bertz CT molecular complexity index is 511. The molecule has 0 amide bonds. The highest BCUT2D eigenvalue weighted by atomic mass is 32.1. The molecule has 0 bridgehead atoms. The molecule has 0 unspecified atom stereocenters. The first-order chi connectivity index (χ1) is 7.68. The predicted octanol–water partition coefficient (Wildman–Crippen LogP) is 2.57. The maximum atomic E-state index is 13.3. The Hall–Kier alpha value is -1.75. The van der Waals surface area contributed by atoms with Crippen LogP contribution in [0.3, 0.4) is 0 Å². The Morgan fingerprint density at radius 3 is 2.94 bits per heavy atom. The lowest BCUT2D eigenvalue weighted by molar-refractivity contribution is 0.0691. The first-order valence-corrected chi connectivity index (χ1v) is 5.45. The summed E-state index contributed by atoms with van der Waals surface area (Å²) in [6, 6.07) is 4.26. The zero-order valence-corrected chi connectivity index (χ0v) is 9.00. The highest BCUT2D eigenvalue weighted by Crippen LogP contribution is 2.18. The van der Waals surface area contributed by atoms with Crippen LogP contribution in [0.5, 0.6) is 0 Å². The Balaban J connectivity index is 2.40. The minimum atomic E-state index is -1.25. The van der Waals surface area contributed by atoms with Gasteiger partial charge >= 0.3 is 5.97 Å². The second kappa shape index (κ2) is 4.40.